The van der Waals surface area contributed by atoms with Crippen molar-refractivity contribution in [1.29, 1.82) is 0 Å². The van der Waals surface area contributed by atoms with Crippen molar-refractivity contribution in [2.75, 3.05) is 20.1 Å². The number of hydrogen-bond acceptors (Lipinski definition) is 4. The summed E-state index contributed by atoms with van der Waals surface area (Å²) >= 11 is 1.67. The molecule has 146 valence electrons. The van der Waals surface area contributed by atoms with Crippen LogP contribution < -0.4 is 0 Å². The molecule has 3 rings (SSSR count). The summed E-state index contributed by atoms with van der Waals surface area (Å²) in [5, 5.41) is 15.2. The van der Waals surface area contributed by atoms with Crippen molar-refractivity contribution in [3.8, 4) is 0 Å². The number of likely N-dealkylation sites (N-methyl/N-ethyl adjacent to an activating group) is 1. The standard InChI is InChI=1S/C22H30N2O2S/c1-17(2)20-7-5-18(6-8-20)14-24-11-4-10-22(26,21(24)25)16-23(3)13-19-9-12-27-15-19/h5-9,12,15,17,26H,4,10-11,13-14,16H2,1-3H3. The zero-order valence-electron chi connectivity index (χ0n) is 16.5. The molecular formula is C22H30N2O2S. The van der Waals surface area contributed by atoms with Gasteiger partial charge < -0.3 is 10.0 Å². The van der Waals surface area contributed by atoms with Crippen LogP contribution in [0.25, 0.3) is 0 Å². The molecule has 1 aromatic carbocycles. The second-order valence-electron chi connectivity index (χ2n) is 8.06. The molecule has 1 atom stereocenters. The highest BCUT2D eigenvalue weighted by molar-refractivity contribution is 7.07. The number of nitrogens with zero attached hydrogens (tertiary/aromatic N) is 2. The molecule has 1 fully saturated rings. The van der Waals surface area contributed by atoms with Crippen molar-refractivity contribution < 1.29 is 9.90 Å². The van der Waals surface area contributed by atoms with E-state index in [-0.39, 0.29) is 5.91 Å². The van der Waals surface area contributed by atoms with Gasteiger partial charge in [-0.2, -0.15) is 11.3 Å². The Morgan fingerprint density at radius 1 is 1.22 bits per heavy atom. The van der Waals surface area contributed by atoms with E-state index in [0.717, 1.165) is 18.5 Å². The van der Waals surface area contributed by atoms with Gasteiger partial charge in [-0.3, -0.25) is 9.69 Å². The topological polar surface area (TPSA) is 43.8 Å². The van der Waals surface area contributed by atoms with Gasteiger partial charge >= 0.3 is 0 Å². The molecule has 2 heterocycles. The minimum Gasteiger partial charge on any atom is -0.379 e. The Balaban J connectivity index is 1.63. The Kier molecular flexibility index (Phi) is 6.35. The monoisotopic (exact) mass is 386 g/mol. The lowest BCUT2D eigenvalue weighted by Crippen LogP contribution is -2.57. The van der Waals surface area contributed by atoms with Gasteiger partial charge in [0, 0.05) is 26.2 Å². The summed E-state index contributed by atoms with van der Waals surface area (Å²) in [5.74, 6) is 0.360. The number of amides is 1. The number of piperidine rings is 1. The van der Waals surface area contributed by atoms with Gasteiger partial charge in [-0.1, -0.05) is 38.1 Å². The molecule has 1 amide bonds. The van der Waals surface area contributed by atoms with E-state index in [1.807, 2.05) is 16.8 Å². The number of carbonyl (C=O) groups excluding carboxylic acids is 1. The van der Waals surface area contributed by atoms with Crippen molar-refractivity contribution in [3.05, 3.63) is 57.8 Å². The first-order valence-electron chi connectivity index (χ1n) is 9.67. The highest BCUT2D eigenvalue weighted by Gasteiger charge is 2.42. The molecule has 1 aromatic heterocycles. The Hall–Kier alpha value is -1.69. The molecule has 4 nitrogen and oxygen atoms in total. The Morgan fingerprint density at radius 2 is 1.96 bits per heavy atom. The van der Waals surface area contributed by atoms with Crippen LogP contribution in [0.15, 0.2) is 41.1 Å². The fourth-order valence-corrected chi connectivity index (χ4v) is 4.45. The molecule has 1 unspecified atom stereocenters. The van der Waals surface area contributed by atoms with Crippen molar-refractivity contribution in [2.24, 2.45) is 0 Å². The molecule has 0 radical (unpaired) electrons. The quantitative estimate of drug-likeness (QED) is 0.786. The normalized spacial score (nSPS) is 20.7. The van der Waals surface area contributed by atoms with Gasteiger partial charge in [0.25, 0.3) is 5.91 Å². The summed E-state index contributed by atoms with van der Waals surface area (Å²) in [6, 6.07) is 10.5. The molecule has 0 spiro atoms. The van der Waals surface area contributed by atoms with Gasteiger partial charge in [0.1, 0.15) is 0 Å². The number of rotatable bonds is 7. The first kappa shape index (κ1) is 20.1. The maximum atomic E-state index is 13.0. The van der Waals surface area contributed by atoms with Crippen LogP contribution in [-0.2, 0) is 17.9 Å². The van der Waals surface area contributed by atoms with Crippen LogP contribution in [0.1, 0.15) is 49.3 Å². The van der Waals surface area contributed by atoms with E-state index in [1.54, 1.807) is 11.3 Å². The summed E-state index contributed by atoms with van der Waals surface area (Å²) in [6.45, 7) is 6.74. The first-order valence-corrected chi connectivity index (χ1v) is 10.6. The van der Waals surface area contributed by atoms with E-state index in [2.05, 4.69) is 54.9 Å². The highest BCUT2D eigenvalue weighted by Crippen LogP contribution is 2.26. The van der Waals surface area contributed by atoms with E-state index < -0.39 is 5.60 Å². The molecule has 0 saturated carbocycles. The van der Waals surface area contributed by atoms with E-state index in [0.29, 0.717) is 32.0 Å². The van der Waals surface area contributed by atoms with Crippen molar-refractivity contribution >= 4 is 17.2 Å². The Morgan fingerprint density at radius 3 is 2.59 bits per heavy atom. The second kappa shape index (κ2) is 8.55. The number of likely N-dealkylation sites (tertiary alicyclic amines) is 1. The molecule has 1 N–H and O–H groups in total. The summed E-state index contributed by atoms with van der Waals surface area (Å²) < 4.78 is 0. The molecule has 1 saturated heterocycles. The summed E-state index contributed by atoms with van der Waals surface area (Å²) in [5.41, 5.74) is 2.34. The van der Waals surface area contributed by atoms with E-state index in [9.17, 15) is 9.90 Å². The van der Waals surface area contributed by atoms with Gasteiger partial charge in [0.15, 0.2) is 5.60 Å². The van der Waals surface area contributed by atoms with Crippen LogP contribution in [0, 0.1) is 0 Å². The number of aliphatic hydroxyl groups is 1. The van der Waals surface area contributed by atoms with Crippen LogP contribution in [-0.4, -0.2) is 46.6 Å². The minimum absolute atomic E-state index is 0.140. The fourth-order valence-electron chi connectivity index (χ4n) is 3.79. The lowest BCUT2D eigenvalue weighted by atomic mass is 9.90. The third-order valence-electron chi connectivity index (χ3n) is 5.29. The molecule has 1 aliphatic heterocycles. The second-order valence-corrected chi connectivity index (χ2v) is 8.84. The molecule has 5 heteroatoms. The largest absolute Gasteiger partial charge is 0.379 e. The van der Waals surface area contributed by atoms with Crippen LogP contribution in [0.5, 0.6) is 0 Å². The van der Waals surface area contributed by atoms with Crippen molar-refractivity contribution in [3.63, 3.8) is 0 Å². The number of hydrogen-bond donors (Lipinski definition) is 1. The predicted octanol–water partition coefficient (Wildman–Crippen LogP) is 3.86. The van der Waals surface area contributed by atoms with Crippen LogP contribution in [0.3, 0.4) is 0 Å². The number of thiophene rings is 1. The average Bonchev–Trinajstić information content (AvgIpc) is 3.12. The van der Waals surface area contributed by atoms with Gasteiger partial charge in [0.05, 0.1) is 0 Å². The average molecular weight is 387 g/mol. The van der Waals surface area contributed by atoms with Gasteiger partial charge in [-0.05, 0) is 59.3 Å². The fraction of sp³-hybridized carbons (Fsp3) is 0.500. The predicted molar refractivity (Wildman–Crippen MR) is 111 cm³/mol. The van der Waals surface area contributed by atoms with Gasteiger partial charge in [0.2, 0.25) is 0 Å². The van der Waals surface area contributed by atoms with Gasteiger partial charge in [-0.15, -0.1) is 0 Å². The van der Waals surface area contributed by atoms with Crippen LogP contribution >= 0.6 is 11.3 Å². The van der Waals surface area contributed by atoms with Crippen molar-refractivity contribution in [2.45, 2.75) is 51.3 Å². The van der Waals surface area contributed by atoms with Crippen LogP contribution in [0.4, 0.5) is 0 Å². The maximum Gasteiger partial charge on any atom is 0.256 e. The maximum absolute atomic E-state index is 13.0. The lowest BCUT2D eigenvalue weighted by molar-refractivity contribution is -0.160. The Bertz CT molecular complexity index is 742. The third kappa shape index (κ3) is 4.98. The zero-order chi connectivity index (χ0) is 19.4. The van der Waals surface area contributed by atoms with Crippen molar-refractivity contribution in [1.82, 2.24) is 9.80 Å². The SMILES string of the molecule is CC(C)c1ccc(CN2CCCC(O)(CN(C)Cc3ccsc3)C2=O)cc1. The minimum atomic E-state index is -1.29. The zero-order valence-corrected chi connectivity index (χ0v) is 17.3. The highest BCUT2D eigenvalue weighted by atomic mass is 32.1. The van der Waals surface area contributed by atoms with E-state index >= 15 is 0 Å². The number of carbonyl (C=O) groups is 1. The molecule has 27 heavy (non-hydrogen) atoms. The molecule has 0 aliphatic carbocycles. The summed E-state index contributed by atoms with van der Waals surface area (Å²) in [6.07, 6.45) is 1.36. The van der Waals surface area contributed by atoms with Crippen LogP contribution in [0.2, 0.25) is 0 Å². The van der Waals surface area contributed by atoms with E-state index in [1.165, 1.54) is 11.1 Å². The third-order valence-corrected chi connectivity index (χ3v) is 6.02. The molecular weight excluding hydrogens is 356 g/mol. The van der Waals surface area contributed by atoms with E-state index in [4.69, 9.17) is 0 Å². The summed E-state index contributed by atoms with van der Waals surface area (Å²) in [4.78, 5) is 16.9. The Labute approximate surface area is 166 Å². The summed E-state index contributed by atoms with van der Waals surface area (Å²) in [7, 11) is 1.96. The molecule has 0 bridgehead atoms. The first-order chi connectivity index (χ1) is 12.9. The van der Waals surface area contributed by atoms with Gasteiger partial charge in [-0.25, -0.2) is 0 Å². The molecule has 2 aromatic rings. The smallest absolute Gasteiger partial charge is 0.256 e. The lowest BCUT2D eigenvalue weighted by Gasteiger charge is -2.40. The number of benzene rings is 1. The molecule has 1 aliphatic rings.